The van der Waals surface area contributed by atoms with E-state index in [-0.39, 0.29) is 15.1 Å². The second kappa shape index (κ2) is 5.32. The Balaban J connectivity index is 2.53. The number of halogens is 4. The summed E-state index contributed by atoms with van der Waals surface area (Å²) in [6.45, 7) is 0. The van der Waals surface area contributed by atoms with Crippen LogP contribution in [0.2, 0.25) is 0 Å². The predicted octanol–water partition coefficient (Wildman–Crippen LogP) is 3.15. The van der Waals surface area contributed by atoms with Gasteiger partial charge in [-0.25, -0.2) is 4.98 Å². The minimum atomic E-state index is -4.41. The number of benzene rings is 1. The average molecular weight is 380 g/mol. The summed E-state index contributed by atoms with van der Waals surface area (Å²) in [6.07, 6.45) is -5.66. The molecule has 7 heteroatoms. The third-order valence-electron chi connectivity index (χ3n) is 2.33. The Bertz CT molecular complexity index is 638. The maximum atomic E-state index is 12.3. The molecule has 1 aromatic heterocycles. The Kier molecular flexibility index (Phi) is 3.93. The van der Waals surface area contributed by atoms with Gasteiger partial charge in [0.2, 0.25) is 0 Å². The molecule has 0 unspecified atom stereocenters. The van der Waals surface area contributed by atoms with Gasteiger partial charge in [-0.2, -0.15) is 13.2 Å². The Labute approximate surface area is 120 Å². The van der Waals surface area contributed by atoms with E-state index in [0.29, 0.717) is 5.56 Å². The van der Waals surface area contributed by atoms with E-state index in [1.807, 2.05) is 0 Å². The summed E-state index contributed by atoms with van der Waals surface area (Å²) in [5.74, 6) is -0.378. The van der Waals surface area contributed by atoms with Crippen LogP contribution in [0.5, 0.6) is 0 Å². The lowest BCUT2D eigenvalue weighted by Gasteiger charge is -2.08. The molecule has 3 nitrogen and oxygen atoms in total. The fourth-order valence-corrected chi connectivity index (χ4v) is 2.13. The number of nitrogens with zero attached hydrogens (tertiary/aromatic N) is 1. The van der Waals surface area contributed by atoms with Crippen molar-refractivity contribution in [3.05, 3.63) is 50.1 Å². The second-order valence-electron chi connectivity index (χ2n) is 3.83. The van der Waals surface area contributed by atoms with Crippen LogP contribution < -0.4 is 5.56 Å². The van der Waals surface area contributed by atoms with Gasteiger partial charge in [0.25, 0.3) is 5.56 Å². The van der Waals surface area contributed by atoms with E-state index in [1.54, 1.807) is 52.9 Å². The van der Waals surface area contributed by atoms with E-state index >= 15 is 0 Å². The number of hydrogen-bond donors (Lipinski definition) is 1. The normalized spacial score (nSPS) is 11.6. The molecule has 2 rings (SSSR count). The molecule has 0 saturated heterocycles. The fraction of sp³-hybridized carbons (Fsp3) is 0.167. The monoisotopic (exact) mass is 380 g/mol. The average Bonchev–Trinajstić information content (AvgIpc) is 2.33. The summed E-state index contributed by atoms with van der Waals surface area (Å²) in [4.78, 5) is 17.7. The molecule has 1 aromatic carbocycles. The van der Waals surface area contributed by atoms with E-state index in [4.69, 9.17) is 0 Å². The van der Waals surface area contributed by atoms with Gasteiger partial charge in [0.1, 0.15) is 15.8 Å². The lowest BCUT2D eigenvalue weighted by molar-refractivity contribution is -0.128. The molecule has 0 fully saturated rings. The lowest BCUT2D eigenvalue weighted by atomic mass is 10.1. The summed E-state index contributed by atoms with van der Waals surface area (Å²) >= 11 is 1.77. The fourth-order valence-electron chi connectivity index (χ4n) is 1.57. The summed E-state index contributed by atoms with van der Waals surface area (Å²) in [5.41, 5.74) is 0.319. The third-order valence-corrected chi connectivity index (χ3v) is 3.33. The topological polar surface area (TPSA) is 45.8 Å². The van der Waals surface area contributed by atoms with Gasteiger partial charge in [-0.15, -0.1) is 0 Å². The number of nitrogens with one attached hydrogen (secondary N) is 1. The van der Waals surface area contributed by atoms with E-state index in [2.05, 4.69) is 9.97 Å². The summed E-state index contributed by atoms with van der Waals surface area (Å²) in [6, 6.07) is 8.64. The molecule has 0 saturated carbocycles. The first-order chi connectivity index (χ1) is 8.87. The standard InChI is InChI=1S/C12H8F3IN2O/c13-12(14,15)6-8-17-10(9(16)11(19)18-8)7-4-2-1-3-5-7/h1-5H,6H2,(H,17,18,19). The van der Waals surface area contributed by atoms with Crippen LogP contribution in [0.1, 0.15) is 5.82 Å². The van der Waals surface area contributed by atoms with Gasteiger partial charge in [-0.1, -0.05) is 30.3 Å². The molecule has 0 atom stereocenters. The first-order valence-electron chi connectivity index (χ1n) is 5.28. The van der Waals surface area contributed by atoms with Gasteiger partial charge < -0.3 is 4.98 Å². The lowest BCUT2D eigenvalue weighted by Crippen LogP contribution is -2.21. The molecule has 0 aliphatic rings. The smallest absolute Gasteiger partial charge is 0.309 e. The molecule has 1 heterocycles. The number of hydrogen-bond acceptors (Lipinski definition) is 2. The Morgan fingerprint density at radius 1 is 1.21 bits per heavy atom. The summed E-state index contributed by atoms with van der Waals surface area (Å²) in [5, 5.41) is 0. The van der Waals surface area contributed by atoms with Gasteiger partial charge in [-0.3, -0.25) is 4.79 Å². The Morgan fingerprint density at radius 3 is 2.42 bits per heavy atom. The number of rotatable bonds is 2. The zero-order valence-electron chi connectivity index (χ0n) is 9.46. The maximum absolute atomic E-state index is 12.3. The molecular formula is C12H8F3IN2O. The van der Waals surface area contributed by atoms with E-state index in [9.17, 15) is 18.0 Å². The molecule has 0 radical (unpaired) electrons. The highest BCUT2D eigenvalue weighted by Crippen LogP contribution is 2.23. The minimum Gasteiger partial charge on any atom is -0.309 e. The van der Waals surface area contributed by atoms with Crippen molar-refractivity contribution in [3.63, 3.8) is 0 Å². The summed E-state index contributed by atoms with van der Waals surface area (Å²) in [7, 11) is 0. The van der Waals surface area contributed by atoms with Crippen molar-refractivity contribution in [2.24, 2.45) is 0 Å². The zero-order chi connectivity index (χ0) is 14.0. The van der Waals surface area contributed by atoms with Crippen LogP contribution in [-0.4, -0.2) is 16.1 Å². The number of alkyl halides is 3. The van der Waals surface area contributed by atoms with Crippen LogP contribution in [0.4, 0.5) is 13.2 Å². The van der Waals surface area contributed by atoms with Gasteiger partial charge in [0.05, 0.1) is 5.69 Å². The van der Waals surface area contributed by atoms with Crippen LogP contribution >= 0.6 is 22.6 Å². The second-order valence-corrected chi connectivity index (χ2v) is 4.91. The van der Waals surface area contributed by atoms with Crippen molar-refractivity contribution in [2.75, 3.05) is 0 Å². The molecule has 0 aliphatic heterocycles. The SMILES string of the molecule is O=c1[nH]c(CC(F)(F)F)nc(-c2ccccc2)c1I. The highest BCUT2D eigenvalue weighted by Gasteiger charge is 2.29. The van der Waals surface area contributed by atoms with E-state index in [0.717, 1.165) is 0 Å². The van der Waals surface area contributed by atoms with Gasteiger partial charge >= 0.3 is 6.18 Å². The van der Waals surface area contributed by atoms with Gasteiger partial charge in [0.15, 0.2) is 0 Å². The third kappa shape index (κ3) is 3.55. The van der Waals surface area contributed by atoms with Crippen LogP contribution in [-0.2, 0) is 6.42 Å². The van der Waals surface area contributed by atoms with Crippen molar-refractivity contribution in [1.82, 2.24) is 9.97 Å². The number of aromatic nitrogens is 2. The predicted molar refractivity (Wildman–Crippen MR) is 72.8 cm³/mol. The molecule has 1 N–H and O–H groups in total. The van der Waals surface area contributed by atoms with Crippen LogP contribution in [0.15, 0.2) is 35.1 Å². The first kappa shape index (κ1) is 14.0. The first-order valence-corrected chi connectivity index (χ1v) is 6.35. The zero-order valence-corrected chi connectivity index (χ0v) is 11.6. The van der Waals surface area contributed by atoms with Gasteiger partial charge in [-0.05, 0) is 22.6 Å². The van der Waals surface area contributed by atoms with Crippen molar-refractivity contribution in [2.45, 2.75) is 12.6 Å². The molecule has 0 amide bonds. The Morgan fingerprint density at radius 2 is 1.84 bits per heavy atom. The summed E-state index contributed by atoms with van der Waals surface area (Å²) < 4.78 is 37.3. The van der Waals surface area contributed by atoms with E-state index < -0.39 is 18.2 Å². The highest BCUT2D eigenvalue weighted by molar-refractivity contribution is 14.1. The van der Waals surface area contributed by atoms with Crippen molar-refractivity contribution >= 4 is 22.6 Å². The maximum Gasteiger partial charge on any atom is 0.396 e. The van der Waals surface area contributed by atoms with Crippen LogP contribution in [0, 0.1) is 3.57 Å². The molecule has 100 valence electrons. The Hall–Kier alpha value is -1.38. The van der Waals surface area contributed by atoms with Crippen molar-refractivity contribution in [3.8, 4) is 11.3 Å². The van der Waals surface area contributed by atoms with Crippen LogP contribution in [0.3, 0.4) is 0 Å². The molecule has 0 spiro atoms. The minimum absolute atomic E-state index is 0.268. The highest BCUT2D eigenvalue weighted by atomic mass is 127. The van der Waals surface area contributed by atoms with Crippen molar-refractivity contribution in [1.29, 1.82) is 0 Å². The number of aromatic amines is 1. The van der Waals surface area contributed by atoms with Gasteiger partial charge in [0, 0.05) is 5.56 Å². The molecule has 2 aromatic rings. The quantitative estimate of drug-likeness (QED) is 0.814. The largest absolute Gasteiger partial charge is 0.396 e. The van der Waals surface area contributed by atoms with E-state index in [1.165, 1.54) is 0 Å². The van der Waals surface area contributed by atoms with Crippen LogP contribution in [0.25, 0.3) is 11.3 Å². The molecular weight excluding hydrogens is 372 g/mol. The molecule has 19 heavy (non-hydrogen) atoms. The number of H-pyrrole nitrogens is 1. The molecule has 0 bridgehead atoms. The molecule has 0 aliphatic carbocycles. The van der Waals surface area contributed by atoms with Crippen molar-refractivity contribution < 1.29 is 13.2 Å².